The van der Waals surface area contributed by atoms with E-state index < -0.39 is 5.25 Å². The number of aryl methyl sites for hydroxylation is 1. The van der Waals surface area contributed by atoms with E-state index in [4.69, 9.17) is 11.6 Å². The Morgan fingerprint density at radius 2 is 2.08 bits per heavy atom. The van der Waals surface area contributed by atoms with E-state index in [0.717, 1.165) is 5.56 Å². The SMILES string of the molecule is Cc1ccc2nc(SC(C)C(=O)Nc3ccc(Cl)cn3)n(C)c(=O)c2c1. The monoisotopic (exact) mass is 388 g/mol. The summed E-state index contributed by atoms with van der Waals surface area (Å²) in [6.07, 6.45) is 1.46. The second kappa shape index (κ2) is 7.47. The van der Waals surface area contributed by atoms with Crippen LogP contribution in [0.1, 0.15) is 12.5 Å². The van der Waals surface area contributed by atoms with Gasteiger partial charge in [-0.05, 0) is 38.1 Å². The Morgan fingerprint density at radius 1 is 1.31 bits per heavy atom. The third-order valence-electron chi connectivity index (χ3n) is 3.82. The number of thioether (sulfide) groups is 1. The van der Waals surface area contributed by atoms with Crippen LogP contribution in [0.2, 0.25) is 5.02 Å². The molecule has 0 aliphatic heterocycles. The predicted molar refractivity (Wildman–Crippen MR) is 105 cm³/mol. The molecular weight excluding hydrogens is 372 g/mol. The largest absolute Gasteiger partial charge is 0.310 e. The van der Waals surface area contributed by atoms with E-state index in [-0.39, 0.29) is 11.5 Å². The van der Waals surface area contributed by atoms with Crippen molar-refractivity contribution in [3.8, 4) is 0 Å². The molecule has 2 heterocycles. The van der Waals surface area contributed by atoms with Crippen molar-refractivity contribution in [1.29, 1.82) is 0 Å². The average Bonchev–Trinajstić information content (AvgIpc) is 2.62. The fourth-order valence-corrected chi connectivity index (χ4v) is 3.34. The molecule has 1 unspecified atom stereocenters. The summed E-state index contributed by atoms with van der Waals surface area (Å²) in [5.41, 5.74) is 1.49. The number of pyridine rings is 1. The summed E-state index contributed by atoms with van der Waals surface area (Å²) in [5, 5.41) is 3.81. The Morgan fingerprint density at radius 3 is 2.77 bits per heavy atom. The van der Waals surface area contributed by atoms with Crippen molar-refractivity contribution in [3.63, 3.8) is 0 Å². The predicted octanol–water partition coefficient (Wildman–Crippen LogP) is 3.41. The first-order valence-corrected chi connectivity index (χ1v) is 9.17. The van der Waals surface area contributed by atoms with Gasteiger partial charge >= 0.3 is 0 Å². The Bertz CT molecular complexity index is 1030. The number of fused-ring (bicyclic) bond motifs is 1. The molecule has 3 rings (SSSR count). The molecule has 6 nitrogen and oxygen atoms in total. The molecule has 1 N–H and O–H groups in total. The quantitative estimate of drug-likeness (QED) is 0.547. The lowest BCUT2D eigenvalue weighted by Gasteiger charge is -2.14. The van der Waals surface area contributed by atoms with Crippen LogP contribution in [0.5, 0.6) is 0 Å². The molecule has 1 atom stereocenters. The first kappa shape index (κ1) is 18.4. The fourth-order valence-electron chi connectivity index (χ4n) is 2.36. The van der Waals surface area contributed by atoms with Gasteiger partial charge in [0.1, 0.15) is 5.82 Å². The van der Waals surface area contributed by atoms with E-state index >= 15 is 0 Å². The Kier molecular flexibility index (Phi) is 5.29. The molecule has 8 heteroatoms. The van der Waals surface area contributed by atoms with E-state index in [9.17, 15) is 9.59 Å². The molecule has 0 aliphatic rings. The number of amides is 1. The highest BCUT2D eigenvalue weighted by Gasteiger charge is 2.19. The van der Waals surface area contributed by atoms with Gasteiger partial charge in [0.05, 0.1) is 21.2 Å². The van der Waals surface area contributed by atoms with Crippen molar-refractivity contribution in [2.45, 2.75) is 24.3 Å². The van der Waals surface area contributed by atoms with Crippen LogP contribution >= 0.6 is 23.4 Å². The van der Waals surface area contributed by atoms with Crippen molar-refractivity contribution < 1.29 is 4.79 Å². The molecule has 2 aromatic heterocycles. The minimum atomic E-state index is -0.464. The lowest BCUT2D eigenvalue weighted by Crippen LogP contribution is -2.26. The van der Waals surface area contributed by atoms with Crippen molar-refractivity contribution in [3.05, 3.63) is 57.5 Å². The van der Waals surface area contributed by atoms with Crippen molar-refractivity contribution in [1.82, 2.24) is 14.5 Å². The minimum Gasteiger partial charge on any atom is -0.310 e. The summed E-state index contributed by atoms with van der Waals surface area (Å²) in [4.78, 5) is 33.5. The van der Waals surface area contributed by atoms with Gasteiger partial charge in [0.2, 0.25) is 5.91 Å². The zero-order valence-corrected chi connectivity index (χ0v) is 16.1. The van der Waals surface area contributed by atoms with Crippen LogP contribution in [-0.4, -0.2) is 25.7 Å². The molecule has 0 radical (unpaired) electrons. The van der Waals surface area contributed by atoms with E-state index in [1.54, 1.807) is 26.1 Å². The molecule has 1 amide bonds. The zero-order chi connectivity index (χ0) is 18.8. The average molecular weight is 389 g/mol. The number of anilines is 1. The van der Waals surface area contributed by atoms with Gasteiger partial charge in [0.25, 0.3) is 5.56 Å². The third-order valence-corrected chi connectivity index (χ3v) is 5.19. The maximum absolute atomic E-state index is 12.6. The summed E-state index contributed by atoms with van der Waals surface area (Å²) >= 11 is 7.01. The maximum Gasteiger partial charge on any atom is 0.261 e. The molecule has 0 saturated carbocycles. The molecule has 0 bridgehead atoms. The van der Waals surface area contributed by atoms with Crippen LogP contribution < -0.4 is 10.9 Å². The number of halogens is 1. The van der Waals surface area contributed by atoms with Crippen molar-refractivity contribution in [2.75, 3.05) is 5.32 Å². The highest BCUT2D eigenvalue weighted by molar-refractivity contribution is 8.00. The fraction of sp³-hybridized carbons (Fsp3) is 0.222. The van der Waals surface area contributed by atoms with Crippen molar-refractivity contribution in [2.24, 2.45) is 7.05 Å². The second-order valence-corrected chi connectivity index (χ2v) is 7.63. The van der Waals surface area contributed by atoms with Gasteiger partial charge < -0.3 is 5.32 Å². The number of benzene rings is 1. The minimum absolute atomic E-state index is 0.131. The molecule has 0 saturated heterocycles. The van der Waals surface area contributed by atoms with Crippen LogP contribution in [0.4, 0.5) is 5.82 Å². The summed E-state index contributed by atoms with van der Waals surface area (Å²) in [7, 11) is 1.66. The van der Waals surface area contributed by atoms with E-state index in [1.165, 1.54) is 22.5 Å². The molecule has 26 heavy (non-hydrogen) atoms. The lowest BCUT2D eigenvalue weighted by atomic mass is 10.2. The van der Waals surface area contributed by atoms with Crippen LogP contribution in [0.15, 0.2) is 46.5 Å². The van der Waals surface area contributed by atoms with Gasteiger partial charge in [0.15, 0.2) is 5.16 Å². The topological polar surface area (TPSA) is 76.9 Å². The standard InChI is InChI=1S/C18H17ClN4O2S/c1-10-4-6-14-13(8-10)17(25)23(3)18(21-14)26-11(2)16(24)22-15-7-5-12(19)9-20-15/h4-9,11H,1-3H3,(H,20,22,24). The van der Waals surface area contributed by atoms with Crippen LogP contribution in [0.25, 0.3) is 10.9 Å². The highest BCUT2D eigenvalue weighted by Crippen LogP contribution is 2.23. The Balaban J connectivity index is 1.82. The summed E-state index contributed by atoms with van der Waals surface area (Å²) < 4.78 is 1.47. The number of rotatable bonds is 4. The van der Waals surface area contributed by atoms with Gasteiger partial charge in [-0.25, -0.2) is 9.97 Å². The molecule has 0 spiro atoms. The Labute approximate surface area is 159 Å². The summed E-state index contributed by atoms with van der Waals surface area (Å²) in [6.45, 7) is 3.68. The van der Waals surface area contributed by atoms with Crippen LogP contribution in [0.3, 0.4) is 0 Å². The molecule has 0 fully saturated rings. The first-order valence-electron chi connectivity index (χ1n) is 7.91. The van der Waals surface area contributed by atoms with Gasteiger partial charge in [0, 0.05) is 13.2 Å². The molecule has 134 valence electrons. The molecule has 0 aliphatic carbocycles. The van der Waals surface area contributed by atoms with Crippen LogP contribution in [-0.2, 0) is 11.8 Å². The number of nitrogens with zero attached hydrogens (tertiary/aromatic N) is 3. The van der Waals surface area contributed by atoms with Crippen LogP contribution in [0, 0.1) is 6.92 Å². The maximum atomic E-state index is 12.6. The van der Waals surface area contributed by atoms with Gasteiger partial charge in [-0.2, -0.15) is 0 Å². The van der Waals surface area contributed by atoms with E-state index in [2.05, 4.69) is 15.3 Å². The normalized spacial score (nSPS) is 12.2. The number of hydrogen-bond donors (Lipinski definition) is 1. The third kappa shape index (κ3) is 3.89. The van der Waals surface area contributed by atoms with E-state index in [0.29, 0.717) is 26.9 Å². The molecular formula is C18H17ClN4O2S. The van der Waals surface area contributed by atoms with Gasteiger partial charge in [-0.3, -0.25) is 14.2 Å². The summed E-state index contributed by atoms with van der Waals surface area (Å²) in [5.74, 6) is 0.186. The first-order chi connectivity index (χ1) is 12.3. The number of hydrogen-bond acceptors (Lipinski definition) is 5. The number of aromatic nitrogens is 3. The van der Waals surface area contributed by atoms with Gasteiger partial charge in [-0.15, -0.1) is 0 Å². The number of carbonyl (C=O) groups excluding carboxylic acids is 1. The molecule has 1 aromatic carbocycles. The van der Waals surface area contributed by atoms with E-state index in [1.807, 2.05) is 25.1 Å². The summed E-state index contributed by atoms with van der Waals surface area (Å²) in [6, 6.07) is 8.83. The van der Waals surface area contributed by atoms with Gasteiger partial charge in [-0.1, -0.05) is 35.0 Å². The second-order valence-electron chi connectivity index (χ2n) is 5.89. The zero-order valence-electron chi connectivity index (χ0n) is 14.5. The number of carbonyl (C=O) groups is 1. The number of nitrogens with one attached hydrogen (secondary N) is 1. The lowest BCUT2D eigenvalue weighted by molar-refractivity contribution is -0.115. The Hall–Kier alpha value is -2.38. The smallest absolute Gasteiger partial charge is 0.261 e. The van der Waals surface area contributed by atoms with Crippen molar-refractivity contribution >= 4 is 46.0 Å². The molecule has 3 aromatic rings. The highest BCUT2D eigenvalue weighted by atomic mass is 35.5.